The molecule has 0 fully saturated rings. The van der Waals surface area contributed by atoms with Crippen LogP contribution < -0.4 is 0 Å². The first-order valence-corrected chi connectivity index (χ1v) is 20.3. The quantitative estimate of drug-likeness (QED) is 0.477. The van der Waals surface area contributed by atoms with Crippen molar-refractivity contribution in [1.29, 1.82) is 0 Å². The van der Waals surface area contributed by atoms with Crippen LogP contribution in [0.25, 0.3) is 0 Å². The SMILES string of the molecule is CCC[Si](C)(C)O[Si](C)(C)O[Si](C)(C)O[Si](C)(C)OC(C)(C)C. The maximum absolute atomic E-state index is 6.50. The molecule has 0 bridgehead atoms. The van der Waals surface area contributed by atoms with Crippen molar-refractivity contribution in [3.63, 3.8) is 0 Å². The first-order chi connectivity index (χ1) is 9.89. The van der Waals surface area contributed by atoms with Crippen molar-refractivity contribution < 1.29 is 16.8 Å². The Morgan fingerprint density at radius 3 is 1.43 bits per heavy atom. The molecule has 0 rings (SSSR count). The van der Waals surface area contributed by atoms with Gasteiger partial charge in [0.2, 0.25) is 0 Å². The first kappa shape index (κ1) is 23.7. The minimum absolute atomic E-state index is 0.195. The summed E-state index contributed by atoms with van der Waals surface area (Å²) in [6.07, 6.45) is 1.17. The first-order valence-electron chi connectivity index (χ1n) is 8.69. The topological polar surface area (TPSA) is 36.9 Å². The van der Waals surface area contributed by atoms with Crippen LogP contribution in [0.15, 0.2) is 0 Å². The molecule has 0 aliphatic carbocycles. The van der Waals surface area contributed by atoms with Crippen molar-refractivity contribution in [2.45, 2.75) is 98.1 Å². The number of rotatable bonds is 9. The summed E-state index contributed by atoms with van der Waals surface area (Å²) in [5, 5.41) is 0. The highest BCUT2D eigenvalue weighted by atomic mass is 28.5. The van der Waals surface area contributed by atoms with Crippen LogP contribution in [0.2, 0.25) is 58.4 Å². The lowest BCUT2D eigenvalue weighted by Crippen LogP contribution is -2.57. The molecule has 140 valence electrons. The smallest absolute Gasteiger partial charge is 0.323 e. The van der Waals surface area contributed by atoms with Crippen LogP contribution >= 0.6 is 0 Å². The van der Waals surface area contributed by atoms with E-state index in [1.165, 1.54) is 12.5 Å². The molecule has 0 aliphatic heterocycles. The number of hydrogen-bond acceptors (Lipinski definition) is 4. The molecule has 0 amide bonds. The molecule has 0 aromatic rings. The standard InChI is InChI=1S/C15H40O4Si4/c1-13-14-20(5,6)17-22(9,10)19-23(11,12)18-21(7,8)16-15(2,3)4/h13-14H2,1-12H3. The Balaban J connectivity index is 4.89. The summed E-state index contributed by atoms with van der Waals surface area (Å²) in [7, 11) is -8.39. The van der Waals surface area contributed by atoms with Gasteiger partial charge in [0.25, 0.3) is 0 Å². The van der Waals surface area contributed by atoms with Crippen LogP contribution in [0.1, 0.15) is 34.1 Å². The van der Waals surface area contributed by atoms with Gasteiger partial charge in [0.1, 0.15) is 0 Å². The maximum atomic E-state index is 6.50. The molecule has 0 radical (unpaired) electrons. The summed E-state index contributed by atoms with van der Waals surface area (Å²) in [6, 6.07) is 1.17. The van der Waals surface area contributed by atoms with E-state index in [2.05, 4.69) is 80.1 Å². The Morgan fingerprint density at radius 2 is 1.04 bits per heavy atom. The largest absolute Gasteiger partial charge is 0.436 e. The summed E-state index contributed by atoms with van der Waals surface area (Å²) < 4.78 is 25.6. The highest BCUT2D eigenvalue weighted by Gasteiger charge is 2.44. The summed E-state index contributed by atoms with van der Waals surface area (Å²) in [6.45, 7) is 25.7. The average Bonchev–Trinajstić information content (AvgIpc) is 2.03. The Kier molecular flexibility index (Phi) is 8.19. The zero-order valence-electron chi connectivity index (χ0n) is 17.5. The van der Waals surface area contributed by atoms with Crippen molar-refractivity contribution >= 4 is 34.0 Å². The second-order valence-corrected chi connectivity index (χ2v) is 24.3. The molecule has 0 N–H and O–H groups in total. The molecule has 0 aromatic carbocycles. The molecular formula is C15H40O4Si4. The fourth-order valence-corrected chi connectivity index (χ4v) is 22.4. The van der Waals surface area contributed by atoms with Crippen LogP contribution in [0, 0.1) is 0 Å². The van der Waals surface area contributed by atoms with Crippen molar-refractivity contribution in [3.8, 4) is 0 Å². The van der Waals surface area contributed by atoms with E-state index < -0.39 is 34.0 Å². The summed E-state index contributed by atoms with van der Waals surface area (Å²) in [4.78, 5) is 0. The predicted octanol–water partition coefficient (Wildman–Crippen LogP) is 5.57. The van der Waals surface area contributed by atoms with Crippen molar-refractivity contribution in [2.75, 3.05) is 0 Å². The molecule has 23 heavy (non-hydrogen) atoms. The van der Waals surface area contributed by atoms with Gasteiger partial charge in [0, 0.05) is 0 Å². The average molecular weight is 397 g/mol. The fourth-order valence-electron chi connectivity index (χ4n) is 3.30. The summed E-state index contributed by atoms with van der Waals surface area (Å²) in [5.41, 5.74) is -0.195. The molecule has 0 aromatic heterocycles. The normalized spacial score (nSPS) is 15.1. The molecule has 0 saturated carbocycles. The van der Waals surface area contributed by atoms with E-state index in [9.17, 15) is 0 Å². The Morgan fingerprint density at radius 1 is 0.652 bits per heavy atom. The van der Waals surface area contributed by atoms with Crippen LogP contribution in [-0.2, 0) is 16.8 Å². The fraction of sp³-hybridized carbons (Fsp3) is 1.00. The Labute approximate surface area is 149 Å². The van der Waals surface area contributed by atoms with Crippen LogP contribution in [0.5, 0.6) is 0 Å². The maximum Gasteiger partial charge on any atom is 0.323 e. The third kappa shape index (κ3) is 11.8. The van der Waals surface area contributed by atoms with E-state index >= 15 is 0 Å². The molecule has 0 aliphatic rings. The molecule has 4 nitrogen and oxygen atoms in total. The van der Waals surface area contributed by atoms with Crippen molar-refractivity contribution in [2.24, 2.45) is 0 Å². The Bertz CT molecular complexity index is 376. The molecule has 0 heterocycles. The summed E-state index contributed by atoms with van der Waals surface area (Å²) >= 11 is 0. The van der Waals surface area contributed by atoms with Crippen molar-refractivity contribution in [1.82, 2.24) is 0 Å². The molecule has 8 heteroatoms. The van der Waals surface area contributed by atoms with Gasteiger partial charge in [-0.05, 0) is 79.2 Å². The minimum atomic E-state index is -2.30. The second-order valence-electron chi connectivity index (χ2n) is 9.23. The van der Waals surface area contributed by atoms with E-state index in [4.69, 9.17) is 16.8 Å². The Hall–Kier alpha value is 0.708. The molecular weight excluding hydrogens is 357 g/mol. The van der Waals surface area contributed by atoms with Gasteiger partial charge in [-0.3, -0.25) is 0 Å². The zero-order valence-corrected chi connectivity index (χ0v) is 21.5. The van der Waals surface area contributed by atoms with E-state index in [0.717, 1.165) is 0 Å². The highest BCUT2D eigenvalue weighted by Crippen LogP contribution is 2.27. The molecule has 0 atom stereocenters. The lowest BCUT2D eigenvalue weighted by molar-refractivity contribution is 0.0887. The number of hydrogen-bond donors (Lipinski definition) is 0. The van der Waals surface area contributed by atoms with E-state index in [0.29, 0.717) is 0 Å². The van der Waals surface area contributed by atoms with Crippen LogP contribution in [-0.4, -0.2) is 39.6 Å². The van der Waals surface area contributed by atoms with E-state index in [1.54, 1.807) is 0 Å². The third-order valence-corrected chi connectivity index (χ3v) is 17.8. The van der Waals surface area contributed by atoms with Gasteiger partial charge in [-0.1, -0.05) is 13.3 Å². The van der Waals surface area contributed by atoms with Gasteiger partial charge in [-0.25, -0.2) is 0 Å². The van der Waals surface area contributed by atoms with Gasteiger partial charge >= 0.3 is 25.7 Å². The lowest BCUT2D eigenvalue weighted by Gasteiger charge is -2.42. The van der Waals surface area contributed by atoms with Gasteiger partial charge < -0.3 is 16.8 Å². The molecule has 0 unspecified atom stereocenters. The van der Waals surface area contributed by atoms with Gasteiger partial charge in [0.15, 0.2) is 8.32 Å². The molecule has 0 spiro atoms. The minimum Gasteiger partial charge on any atom is -0.436 e. The lowest BCUT2D eigenvalue weighted by atomic mass is 10.2. The van der Waals surface area contributed by atoms with E-state index in [-0.39, 0.29) is 5.60 Å². The van der Waals surface area contributed by atoms with Gasteiger partial charge in [-0.2, -0.15) is 0 Å². The van der Waals surface area contributed by atoms with Gasteiger partial charge in [-0.15, -0.1) is 0 Å². The highest BCUT2D eigenvalue weighted by molar-refractivity contribution is 6.88. The second kappa shape index (κ2) is 7.94. The predicted molar refractivity (Wildman–Crippen MR) is 109 cm³/mol. The van der Waals surface area contributed by atoms with E-state index in [1.807, 2.05) is 0 Å². The summed E-state index contributed by atoms with van der Waals surface area (Å²) in [5.74, 6) is 0. The zero-order chi connectivity index (χ0) is 18.7. The van der Waals surface area contributed by atoms with Crippen LogP contribution in [0.3, 0.4) is 0 Å². The van der Waals surface area contributed by atoms with Crippen LogP contribution in [0.4, 0.5) is 0 Å². The third-order valence-electron chi connectivity index (χ3n) is 2.91. The molecule has 0 saturated heterocycles. The monoisotopic (exact) mass is 396 g/mol. The van der Waals surface area contributed by atoms with Gasteiger partial charge in [0.05, 0.1) is 5.60 Å². The van der Waals surface area contributed by atoms with Crippen molar-refractivity contribution in [3.05, 3.63) is 0 Å².